The van der Waals surface area contributed by atoms with Gasteiger partial charge in [-0.25, -0.2) is 4.79 Å². The molecule has 0 aromatic heterocycles. The maximum Gasteiger partial charge on any atom is 0.412 e. The van der Waals surface area contributed by atoms with Crippen LogP contribution in [0.3, 0.4) is 0 Å². The molecule has 1 aliphatic carbocycles. The van der Waals surface area contributed by atoms with E-state index >= 15 is 0 Å². The highest BCUT2D eigenvalue weighted by Gasteiger charge is 2.39. The lowest BCUT2D eigenvalue weighted by molar-refractivity contribution is 0.0552. The number of amides is 1. The van der Waals surface area contributed by atoms with Gasteiger partial charge in [-0.05, 0) is 45.2 Å². The normalized spacial score (nSPS) is 26.1. The second-order valence-corrected chi connectivity index (χ2v) is 5.44. The summed E-state index contributed by atoms with van der Waals surface area (Å²) in [5.41, 5.74) is 2.79. The quantitative estimate of drug-likeness (QED) is 0.808. The van der Waals surface area contributed by atoms with Crippen LogP contribution < -0.4 is 10.6 Å². The Labute approximate surface area is 108 Å². The first-order chi connectivity index (χ1) is 8.45. The Morgan fingerprint density at radius 2 is 2.28 bits per heavy atom. The van der Waals surface area contributed by atoms with Gasteiger partial charge in [0.2, 0.25) is 0 Å². The van der Waals surface area contributed by atoms with Gasteiger partial charge in [0, 0.05) is 12.1 Å². The summed E-state index contributed by atoms with van der Waals surface area (Å²) in [5.74, 6) is 0.456. The van der Waals surface area contributed by atoms with E-state index in [1.54, 1.807) is 0 Å². The zero-order chi connectivity index (χ0) is 13.3. The number of fused-ring (bicyclic) bond motifs is 1. The lowest BCUT2D eigenvalue weighted by Gasteiger charge is -2.39. The number of nitrogens with one attached hydrogen (secondary N) is 2. The van der Waals surface area contributed by atoms with Crippen molar-refractivity contribution in [2.45, 2.75) is 39.7 Å². The Morgan fingerprint density at radius 1 is 1.56 bits per heavy atom. The van der Waals surface area contributed by atoms with Gasteiger partial charge < -0.3 is 10.1 Å². The maximum atomic E-state index is 11.6. The van der Waals surface area contributed by atoms with Crippen LogP contribution in [0.2, 0.25) is 0 Å². The third-order valence-corrected chi connectivity index (χ3v) is 3.75. The van der Waals surface area contributed by atoms with E-state index in [1.165, 1.54) is 5.57 Å². The fourth-order valence-electron chi connectivity index (χ4n) is 2.64. The van der Waals surface area contributed by atoms with Crippen LogP contribution >= 0.6 is 0 Å². The van der Waals surface area contributed by atoms with Crippen LogP contribution in [0, 0.1) is 5.92 Å². The van der Waals surface area contributed by atoms with Crippen LogP contribution in [0.1, 0.15) is 34.1 Å². The summed E-state index contributed by atoms with van der Waals surface area (Å²) < 4.78 is 5.34. The highest BCUT2D eigenvalue weighted by molar-refractivity contribution is 5.75. The number of carbonyl (C=O) groups is 1. The highest BCUT2D eigenvalue weighted by atomic mass is 16.6. The SMILES string of the molecule is CCNC[C@H]1CC=C2C(=C1C)NC(=O)OC2(C)C. The molecule has 0 unspecified atom stereocenters. The molecule has 2 N–H and O–H groups in total. The first-order valence-corrected chi connectivity index (χ1v) is 6.58. The average Bonchev–Trinajstić information content (AvgIpc) is 2.28. The minimum atomic E-state index is -0.526. The van der Waals surface area contributed by atoms with Crippen molar-refractivity contribution in [3.63, 3.8) is 0 Å². The number of hydrogen-bond acceptors (Lipinski definition) is 3. The number of ether oxygens (including phenoxy) is 1. The Bertz CT molecular complexity index is 422. The largest absolute Gasteiger partial charge is 0.438 e. The summed E-state index contributed by atoms with van der Waals surface area (Å²) in [4.78, 5) is 11.6. The molecule has 2 aliphatic rings. The zero-order valence-corrected chi connectivity index (χ0v) is 11.6. The Balaban J connectivity index is 2.27. The van der Waals surface area contributed by atoms with Crippen molar-refractivity contribution < 1.29 is 9.53 Å². The Hall–Kier alpha value is -1.29. The van der Waals surface area contributed by atoms with Crippen molar-refractivity contribution in [1.29, 1.82) is 0 Å². The fraction of sp³-hybridized carbons (Fsp3) is 0.643. The standard InChI is InChI=1S/C14H22N2O2/c1-5-15-8-10-6-7-11-12(9(10)2)16-13(17)18-14(11,3)4/h7,10,15H,5-6,8H2,1-4H3,(H,16,17)/t10-/m1/s1. The lowest BCUT2D eigenvalue weighted by atomic mass is 9.80. The molecule has 1 amide bonds. The van der Waals surface area contributed by atoms with Crippen molar-refractivity contribution in [2.24, 2.45) is 5.92 Å². The van der Waals surface area contributed by atoms with Crippen LogP contribution in [-0.2, 0) is 4.74 Å². The van der Waals surface area contributed by atoms with E-state index in [2.05, 4.69) is 30.6 Å². The molecule has 0 bridgehead atoms. The number of hydrogen-bond donors (Lipinski definition) is 2. The van der Waals surface area contributed by atoms with E-state index in [9.17, 15) is 4.79 Å². The molecule has 1 heterocycles. The molecule has 2 rings (SSSR count). The molecule has 0 spiro atoms. The Kier molecular flexibility index (Phi) is 3.48. The van der Waals surface area contributed by atoms with Crippen molar-refractivity contribution in [3.8, 4) is 0 Å². The minimum Gasteiger partial charge on any atom is -0.438 e. The van der Waals surface area contributed by atoms with Gasteiger partial charge in [-0.2, -0.15) is 0 Å². The van der Waals surface area contributed by atoms with Gasteiger partial charge >= 0.3 is 6.09 Å². The van der Waals surface area contributed by atoms with Crippen molar-refractivity contribution in [3.05, 3.63) is 22.9 Å². The third-order valence-electron chi connectivity index (χ3n) is 3.75. The second-order valence-electron chi connectivity index (χ2n) is 5.44. The molecule has 0 aromatic carbocycles. The smallest absolute Gasteiger partial charge is 0.412 e. The number of carbonyl (C=O) groups excluding carboxylic acids is 1. The van der Waals surface area contributed by atoms with E-state index < -0.39 is 5.60 Å². The van der Waals surface area contributed by atoms with Gasteiger partial charge in [-0.15, -0.1) is 0 Å². The monoisotopic (exact) mass is 250 g/mol. The fourth-order valence-corrected chi connectivity index (χ4v) is 2.64. The van der Waals surface area contributed by atoms with Crippen molar-refractivity contribution in [2.75, 3.05) is 13.1 Å². The van der Waals surface area contributed by atoms with Gasteiger partial charge in [0.25, 0.3) is 0 Å². The molecule has 1 saturated heterocycles. The molecule has 100 valence electrons. The van der Waals surface area contributed by atoms with Gasteiger partial charge in [0.05, 0.1) is 5.70 Å². The van der Waals surface area contributed by atoms with Crippen molar-refractivity contribution >= 4 is 6.09 Å². The van der Waals surface area contributed by atoms with Gasteiger partial charge in [-0.1, -0.05) is 13.0 Å². The number of alkyl carbamates (subject to hydrolysis) is 1. The number of rotatable bonds is 3. The summed E-state index contributed by atoms with van der Waals surface area (Å²) in [6, 6.07) is 0. The maximum absolute atomic E-state index is 11.6. The molecule has 18 heavy (non-hydrogen) atoms. The zero-order valence-electron chi connectivity index (χ0n) is 11.6. The average molecular weight is 250 g/mol. The minimum absolute atomic E-state index is 0.351. The topological polar surface area (TPSA) is 50.4 Å². The molecule has 4 nitrogen and oxygen atoms in total. The van der Waals surface area contributed by atoms with E-state index in [0.717, 1.165) is 30.8 Å². The van der Waals surface area contributed by atoms with Gasteiger partial charge in [0.15, 0.2) is 0 Å². The summed E-state index contributed by atoms with van der Waals surface area (Å²) in [7, 11) is 0. The van der Waals surface area contributed by atoms with E-state index in [0.29, 0.717) is 5.92 Å². The van der Waals surface area contributed by atoms with Gasteiger partial charge in [-0.3, -0.25) is 5.32 Å². The van der Waals surface area contributed by atoms with E-state index in [4.69, 9.17) is 4.74 Å². The van der Waals surface area contributed by atoms with Crippen LogP contribution in [-0.4, -0.2) is 24.8 Å². The van der Waals surface area contributed by atoms with E-state index in [-0.39, 0.29) is 6.09 Å². The molecule has 1 fully saturated rings. The number of cyclic esters (lactones) is 1. The van der Waals surface area contributed by atoms with E-state index in [1.807, 2.05) is 13.8 Å². The first-order valence-electron chi connectivity index (χ1n) is 6.58. The molecule has 0 aromatic rings. The summed E-state index contributed by atoms with van der Waals surface area (Å²) in [6.07, 6.45) is 2.85. The highest BCUT2D eigenvalue weighted by Crippen LogP contribution is 2.38. The van der Waals surface area contributed by atoms with Crippen molar-refractivity contribution in [1.82, 2.24) is 10.6 Å². The summed E-state index contributed by atoms with van der Waals surface area (Å²) in [5, 5.41) is 6.22. The van der Waals surface area contributed by atoms with Crippen LogP contribution in [0.5, 0.6) is 0 Å². The second kappa shape index (κ2) is 4.76. The van der Waals surface area contributed by atoms with Crippen LogP contribution in [0.4, 0.5) is 4.79 Å². The molecule has 1 atom stereocenters. The molecule has 0 saturated carbocycles. The van der Waals surface area contributed by atoms with Gasteiger partial charge in [0.1, 0.15) is 5.60 Å². The number of allylic oxidation sites excluding steroid dienone is 1. The Morgan fingerprint density at radius 3 is 2.94 bits per heavy atom. The molecule has 0 radical (unpaired) electrons. The van der Waals surface area contributed by atoms with Crippen LogP contribution in [0.15, 0.2) is 22.9 Å². The molecule has 1 aliphatic heterocycles. The molecular weight excluding hydrogens is 228 g/mol. The molecular formula is C14H22N2O2. The summed E-state index contributed by atoms with van der Waals surface area (Å²) >= 11 is 0. The summed E-state index contributed by atoms with van der Waals surface area (Å²) in [6.45, 7) is 10.0. The predicted octanol–water partition coefficient (Wildman–Crippen LogP) is 2.33. The predicted molar refractivity (Wildman–Crippen MR) is 71.1 cm³/mol. The third kappa shape index (κ3) is 2.29. The molecule has 4 heteroatoms. The lowest BCUT2D eigenvalue weighted by Crippen LogP contribution is -2.46. The van der Waals surface area contributed by atoms with Crippen LogP contribution in [0.25, 0.3) is 0 Å². The first kappa shape index (κ1) is 13.1.